The molecule has 1 saturated heterocycles. The fraction of sp³-hybridized carbons (Fsp3) is 0.400. The summed E-state index contributed by atoms with van der Waals surface area (Å²) in [7, 11) is 2.15. The maximum absolute atomic E-state index is 4.95. The normalized spacial score (nSPS) is 15.5. The number of pyridine rings is 1. The highest BCUT2D eigenvalue weighted by molar-refractivity contribution is 7.21. The fourth-order valence-corrected chi connectivity index (χ4v) is 4.85. The van der Waals surface area contributed by atoms with Crippen LogP contribution in [0.4, 0.5) is 5.13 Å². The third-order valence-corrected chi connectivity index (χ3v) is 6.61. The van der Waals surface area contributed by atoms with Crippen LogP contribution < -0.4 is 10.2 Å². The topological polar surface area (TPSA) is 71.2 Å². The lowest BCUT2D eigenvalue weighted by molar-refractivity contribution is 0.443. The standard InChI is InChI=1S/C20H23N7S/c1-12-10-15-19(28-20(24-15)26(3)14-4-6-21-7-5-14)25-16(12)17-18-22-8-9-27(18)13(2)11-23-17/h8-11,14,21H,4-7H2,1-3H3. The number of hydrogen-bond acceptors (Lipinski definition) is 7. The summed E-state index contributed by atoms with van der Waals surface area (Å²) >= 11 is 1.66. The Morgan fingerprint density at radius 2 is 1.96 bits per heavy atom. The summed E-state index contributed by atoms with van der Waals surface area (Å²) in [5.41, 5.74) is 5.61. The van der Waals surface area contributed by atoms with Crippen LogP contribution in [0.15, 0.2) is 24.7 Å². The van der Waals surface area contributed by atoms with E-state index >= 15 is 0 Å². The van der Waals surface area contributed by atoms with Crippen molar-refractivity contribution < 1.29 is 0 Å². The van der Waals surface area contributed by atoms with Gasteiger partial charge in [-0.3, -0.25) is 0 Å². The van der Waals surface area contributed by atoms with Crippen LogP contribution in [0, 0.1) is 13.8 Å². The summed E-state index contributed by atoms with van der Waals surface area (Å²) in [5.74, 6) is 0. The lowest BCUT2D eigenvalue weighted by atomic mass is 10.1. The lowest BCUT2D eigenvalue weighted by Gasteiger charge is -2.31. The zero-order valence-electron chi connectivity index (χ0n) is 16.3. The van der Waals surface area contributed by atoms with Crippen molar-refractivity contribution in [1.82, 2.24) is 29.7 Å². The first kappa shape index (κ1) is 17.5. The largest absolute Gasteiger partial charge is 0.348 e. The predicted octanol–water partition coefficient (Wildman–Crippen LogP) is 3.21. The minimum Gasteiger partial charge on any atom is -0.348 e. The molecule has 7 nitrogen and oxygen atoms in total. The first-order valence-electron chi connectivity index (χ1n) is 9.62. The van der Waals surface area contributed by atoms with Gasteiger partial charge in [-0.1, -0.05) is 11.3 Å². The first-order valence-corrected chi connectivity index (χ1v) is 10.4. The molecule has 4 aromatic heterocycles. The molecule has 8 heteroatoms. The van der Waals surface area contributed by atoms with Gasteiger partial charge in [-0.05, 0) is 51.4 Å². The minimum absolute atomic E-state index is 0.533. The van der Waals surface area contributed by atoms with E-state index in [-0.39, 0.29) is 0 Å². The number of aryl methyl sites for hydroxylation is 2. The van der Waals surface area contributed by atoms with E-state index in [0.29, 0.717) is 6.04 Å². The van der Waals surface area contributed by atoms with Gasteiger partial charge in [0.25, 0.3) is 0 Å². The van der Waals surface area contributed by atoms with Crippen LogP contribution in [-0.4, -0.2) is 50.5 Å². The van der Waals surface area contributed by atoms with E-state index in [2.05, 4.69) is 44.6 Å². The molecule has 0 aromatic carbocycles. The molecule has 0 radical (unpaired) electrons. The molecule has 0 amide bonds. The van der Waals surface area contributed by atoms with Crippen molar-refractivity contribution in [2.24, 2.45) is 0 Å². The van der Waals surface area contributed by atoms with Crippen molar-refractivity contribution in [3.05, 3.63) is 35.9 Å². The third-order valence-electron chi connectivity index (χ3n) is 5.56. The van der Waals surface area contributed by atoms with Gasteiger partial charge >= 0.3 is 0 Å². The summed E-state index contributed by atoms with van der Waals surface area (Å²) < 4.78 is 2.05. The zero-order valence-corrected chi connectivity index (χ0v) is 17.1. The monoisotopic (exact) mass is 393 g/mol. The Labute approximate surface area is 167 Å². The summed E-state index contributed by atoms with van der Waals surface area (Å²) in [4.78, 5) is 22.2. The molecule has 0 saturated carbocycles. The van der Waals surface area contributed by atoms with Gasteiger partial charge in [-0.15, -0.1) is 0 Å². The van der Waals surface area contributed by atoms with Gasteiger partial charge in [0.15, 0.2) is 10.8 Å². The molecule has 1 fully saturated rings. The van der Waals surface area contributed by atoms with Gasteiger partial charge < -0.3 is 14.6 Å². The van der Waals surface area contributed by atoms with Crippen molar-refractivity contribution in [2.45, 2.75) is 32.7 Å². The molecule has 5 heterocycles. The van der Waals surface area contributed by atoms with Crippen molar-refractivity contribution in [2.75, 3.05) is 25.0 Å². The van der Waals surface area contributed by atoms with E-state index in [0.717, 1.165) is 69.7 Å². The molecule has 0 bridgehead atoms. The lowest BCUT2D eigenvalue weighted by Crippen LogP contribution is -2.41. The number of piperidine rings is 1. The van der Waals surface area contributed by atoms with E-state index in [9.17, 15) is 0 Å². The van der Waals surface area contributed by atoms with Crippen LogP contribution >= 0.6 is 11.3 Å². The van der Waals surface area contributed by atoms with Gasteiger partial charge in [0.05, 0.1) is 5.69 Å². The van der Waals surface area contributed by atoms with Crippen LogP contribution in [0.2, 0.25) is 0 Å². The Bertz CT molecular complexity index is 1160. The first-order chi connectivity index (χ1) is 13.6. The number of hydrogen-bond donors (Lipinski definition) is 1. The molecule has 0 unspecified atom stereocenters. The van der Waals surface area contributed by atoms with E-state index < -0.39 is 0 Å². The number of nitrogens with one attached hydrogen (secondary N) is 1. The molecular weight excluding hydrogens is 370 g/mol. The van der Waals surface area contributed by atoms with Crippen LogP contribution in [0.3, 0.4) is 0 Å². The Morgan fingerprint density at radius 1 is 1.14 bits per heavy atom. The van der Waals surface area contributed by atoms with Crippen molar-refractivity contribution in [1.29, 1.82) is 0 Å². The second kappa shape index (κ2) is 6.79. The van der Waals surface area contributed by atoms with E-state index in [1.54, 1.807) is 17.5 Å². The molecule has 144 valence electrons. The summed E-state index contributed by atoms with van der Waals surface area (Å²) in [6.07, 6.45) is 7.94. The van der Waals surface area contributed by atoms with Crippen LogP contribution in [0.25, 0.3) is 27.4 Å². The van der Waals surface area contributed by atoms with E-state index in [1.165, 1.54) is 0 Å². The van der Waals surface area contributed by atoms with Gasteiger partial charge in [-0.25, -0.2) is 19.9 Å². The Kier molecular flexibility index (Phi) is 4.25. The number of nitrogens with zero attached hydrogens (tertiary/aromatic N) is 6. The molecule has 0 spiro atoms. The maximum Gasteiger partial charge on any atom is 0.187 e. The molecule has 0 atom stereocenters. The molecule has 1 aliphatic heterocycles. The molecule has 28 heavy (non-hydrogen) atoms. The molecular formula is C20H23N7S. The zero-order chi connectivity index (χ0) is 19.3. The van der Waals surface area contributed by atoms with Crippen molar-refractivity contribution in [3.8, 4) is 11.4 Å². The molecule has 0 aliphatic carbocycles. The quantitative estimate of drug-likeness (QED) is 0.576. The number of aromatic nitrogens is 5. The predicted molar refractivity (Wildman–Crippen MR) is 113 cm³/mol. The second-order valence-corrected chi connectivity index (χ2v) is 8.39. The number of imidazole rings is 1. The summed E-state index contributed by atoms with van der Waals surface area (Å²) in [6, 6.07) is 2.65. The number of rotatable bonds is 3. The highest BCUT2D eigenvalue weighted by atomic mass is 32.1. The van der Waals surface area contributed by atoms with E-state index in [1.807, 2.05) is 19.3 Å². The highest BCUT2D eigenvalue weighted by Crippen LogP contribution is 2.33. The number of fused-ring (bicyclic) bond motifs is 2. The van der Waals surface area contributed by atoms with Crippen LogP contribution in [0.5, 0.6) is 0 Å². The molecule has 1 aliphatic rings. The second-order valence-electron chi connectivity index (χ2n) is 7.44. The van der Waals surface area contributed by atoms with Crippen molar-refractivity contribution >= 4 is 32.5 Å². The van der Waals surface area contributed by atoms with E-state index in [4.69, 9.17) is 9.97 Å². The number of anilines is 1. The smallest absolute Gasteiger partial charge is 0.187 e. The molecule has 4 aromatic rings. The Morgan fingerprint density at radius 3 is 2.79 bits per heavy atom. The fourth-order valence-electron chi connectivity index (χ4n) is 3.90. The van der Waals surface area contributed by atoms with Crippen LogP contribution in [-0.2, 0) is 0 Å². The van der Waals surface area contributed by atoms with Gasteiger partial charge in [-0.2, -0.15) is 0 Å². The average Bonchev–Trinajstić information content (AvgIpc) is 3.35. The Balaban J connectivity index is 1.58. The Hall–Kier alpha value is -2.58. The SMILES string of the molecule is Cc1cc2nc(N(C)C3CCNCC3)sc2nc1-c1ncc(C)n2ccnc12. The summed E-state index contributed by atoms with van der Waals surface area (Å²) in [6.45, 7) is 6.24. The average molecular weight is 394 g/mol. The number of thiazole rings is 1. The minimum atomic E-state index is 0.533. The molecule has 1 N–H and O–H groups in total. The highest BCUT2D eigenvalue weighted by Gasteiger charge is 2.22. The van der Waals surface area contributed by atoms with Crippen molar-refractivity contribution in [3.63, 3.8) is 0 Å². The van der Waals surface area contributed by atoms with Crippen LogP contribution in [0.1, 0.15) is 24.1 Å². The van der Waals surface area contributed by atoms with Gasteiger partial charge in [0.2, 0.25) is 0 Å². The maximum atomic E-state index is 4.95. The summed E-state index contributed by atoms with van der Waals surface area (Å²) in [5, 5.41) is 4.46. The van der Waals surface area contributed by atoms with Gasteiger partial charge in [0, 0.05) is 37.4 Å². The van der Waals surface area contributed by atoms with Gasteiger partial charge in [0.1, 0.15) is 16.0 Å². The third kappa shape index (κ3) is 2.84. The molecule has 5 rings (SSSR count).